The van der Waals surface area contributed by atoms with Gasteiger partial charge in [-0.1, -0.05) is 0 Å². The summed E-state index contributed by atoms with van der Waals surface area (Å²) in [6.07, 6.45) is 1.42. The summed E-state index contributed by atoms with van der Waals surface area (Å²) in [4.78, 5) is 11.8. The Balaban J connectivity index is 2.09. The third-order valence-electron chi connectivity index (χ3n) is 2.43. The van der Waals surface area contributed by atoms with Crippen LogP contribution in [-0.4, -0.2) is 26.1 Å². The maximum atomic E-state index is 13.0. The molecule has 18 heavy (non-hydrogen) atoms. The van der Waals surface area contributed by atoms with Gasteiger partial charge in [0.05, 0.1) is 16.3 Å². The van der Waals surface area contributed by atoms with Gasteiger partial charge in [-0.3, -0.25) is 4.79 Å². The number of nitrogens with one attached hydrogen (secondary N) is 1. The molecule has 1 heterocycles. The molecule has 1 N–H and O–H groups in total. The lowest BCUT2D eigenvalue weighted by Gasteiger charge is -2.10. The number of halogens is 2. The standard InChI is InChI=1S/C11H9BrFNO3S/c12-9-5-7(1-2-10(9)13)11(15)14-8-3-4-18(16,17)6-8/h1-5,8H,6H2,(H,14,15). The Bertz CT molecular complexity index is 627. The number of hydrogen-bond acceptors (Lipinski definition) is 3. The molecule has 1 aliphatic rings. The second-order valence-electron chi connectivity index (χ2n) is 3.87. The van der Waals surface area contributed by atoms with Crippen molar-refractivity contribution < 1.29 is 17.6 Å². The Morgan fingerprint density at radius 1 is 1.44 bits per heavy atom. The van der Waals surface area contributed by atoms with Crippen molar-refractivity contribution in [1.29, 1.82) is 0 Å². The van der Waals surface area contributed by atoms with Gasteiger partial charge >= 0.3 is 0 Å². The van der Waals surface area contributed by atoms with Crippen LogP contribution in [0.4, 0.5) is 4.39 Å². The predicted octanol–water partition coefficient (Wildman–Crippen LogP) is 1.63. The smallest absolute Gasteiger partial charge is 0.251 e. The first kappa shape index (κ1) is 13.2. The molecule has 1 aliphatic heterocycles. The molecule has 7 heteroatoms. The van der Waals surface area contributed by atoms with Crippen LogP contribution in [0.25, 0.3) is 0 Å². The number of hydrogen-bond donors (Lipinski definition) is 1. The Hall–Kier alpha value is -1.21. The summed E-state index contributed by atoms with van der Waals surface area (Å²) >= 11 is 2.98. The SMILES string of the molecule is O=C(NC1C=CS(=O)(=O)C1)c1ccc(F)c(Br)c1. The molecule has 0 bridgehead atoms. The molecule has 0 saturated heterocycles. The van der Waals surface area contributed by atoms with Crippen molar-refractivity contribution in [2.24, 2.45) is 0 Å². The van der Waals surface area contributed by atoms with E-state index in [0.717, 1.165) is 5.41 Å². The van der Waals surface area contributed by atoms with Gasteiger partial charge in [-0.2, -0.15) is 0 Å². The monoisotopic (exact) mass is 333 g/mol. The van der Waals surface area contributed by atoms with Crippen molar-refractivity contribution in [2.75, 3.05) is 5.75 Å². The quantitative estimate of drug-likeness (QED) is 0.894. The number of rotatable bonds is 2. The molecule has 1 aromatic rings. The zero-order valence-corrected chi connectivity index (χ0v) is 11.5. The summed E-state index contributed by atoms with van der Waals surface area (Å²) in [6.45, 7) is 0. The fourth-order valence-electron chi connectivity index (χ4n) is 1.55. The van der Waals surface area contributed by atoms with Crippen LogP contribution in [0, 0.1) is 5.82 Å². The lowest BCUT2D eigenvalue weighted by molar-refractivity contribution is 0.0947. The highest BCUT2D eigenvalue weighted by atomic mass is 79.9. The maximum Gasteiger partial charge on any atom is 0.251 e. The van der Waals surface area contributed by atoms with E-state index < -0.39 is 27.6 Å². The highest BCUT2D eigenvalue weighted by molar-refractivity contribution is 9.10. The first-order valence-corrected chi connectivity index (χ1v) is 7.55. The third kappa shape index (κ3) is 2.97. The van der Waals surface area contributed by atoms with Crippen molar-refractivity contribution in [1.82, 2.24) is 5.32 Å². The maximum absolute atomic E-state index is 13.0. The fourth-order valence-corrected chi connectivity index (χ4v) is 3.17. The van der Waals surface area contributed by atoms with E-state index in [-0.39, 0.29) is 15.8 Å². The average molecular weight is 334 g/mol. The van der Waals surface area contributed by atoms with Crippen LogP contribution in [0.1, 0.15) is 10.4 Å². The van der Waals surface area contributed by atoms with Crippen LogP contribution >= 0.6 is 15.9 Å². The van der Waals surface area contributed by atoms with E-state index in [0.29, 0.717) is 0 Å². The van der Waals surface area contributed by atoms with Gasteiger partial charge in [0, 0.05) is 11.0 Å². The minimum Gasteiger partial charge on any atom is -0.345 e. The van der Waals surface area contributed by atoms with Gasteiger partial charge in [0.15, 0.2) is 9.84 Å². The molecule has 2 rings (SSSR count). The zero-order valence-electron chi connectivity index (χ0n) is 9.06. The molecule has 0 radical (unpaired) electrons. The number of benzene rings is 1. The summed E-state index contributed by atoms with van der Waals surface area (Å²) in [5.41, 5.74) is 0.265. The molecular weight excluding hydrogens is 325 g/mol. The van der Waals surface area contributed by atoms with Crippen LogP contribution in [0.5, 0.6) is 0 Å². The molecule has 1 atom stereocenters. The van der Waals surface area contributed by atoms with Crippen LogP contribution in [-0.2, 0) is 9.84 Å². The molecule has 0 fully saturated rings. The molecular formula is C11H9BrFNO3S. The van der Waals surface area contributed by atoms with E-state index in [1.807, 2.05) is 0 Å². The number of carbonyl (C=O) groups excluding carboxylic acids is 1. The molecule has 0 aromatic heterocycles. The van der Waals surface area contributed by atoms with Crippen LogP contribution < -0.4 is 5.32 Å². The van der Waals surface area contributed by atoms with Gasteiger partial charge < -0.3 is 5.32 Å². The molecule has 1 unspecified atom stereocenters. The number of amides is 1. The molecule has 0 saturated carbocycles. The Morgan fingerprint density at radius 3 is 2.72 bits per heavy atom. The molecule has 0 spiro atoms. The van der Waals surface area contributed by atoms with E-state index in [9.17, 15) is 17.6 Å². The Labute approximate surface area is 112 Å². The predicted molar refractivity (Wildman–Crippen MR) is 68.3 cm³/mol. The minimum absolute atomic E-state index is 0.138. The summed E-state index contributed by atoms with van der Waals surface area (Å²) in [7, 11) is -3.20. The Kier molecular flexibility index (Phi) is 3.54. The van der Waals surface area contributed by atoms with E-state index in [1.54, 1.807) is 0 Å². The molecule has 1 amide bonds. The summed E-state index contributed by atoms with van der Waals surface area (Å²) in [6, 6.07) is 3.31. The van der Waals surface area contributed by atoms with Crippen molar-refractivity contribution in [2.45, 2.75) is 6.04 Å². The van der Waals surface area contributed by atoms with Gasteiger partial charge in [0.2, 0.25) is 0 Å². The van der Waals surface area contributed by atoms with Crippen molar-refractivity contribution in [3.63, 3.8) is 0 Å². The van der Waals surface area contributed by atoms with Gasteiger partial charge in [-0.25, -0.2) is 12.8 Å². The minimum atomic E-state index is -3.20. The molecule has 0 aliphatic carbocycles. The highest BCUT2D eigenvalue weighted by Gasteiger charge is 2.23. The number of carbonyl (C=O) groups is 1. The summed E-state index contributed by atoms with van der Waals surface area (Å²) < 4.78 is 35.5. The lowest BCUT2D eigenvalue weighted by atomic mass is 10.2. The average Bonchev–Trinajstić information content (AvgIpc) is 2.62. The fraction of sp³-hybridized carbons (Fsp3) is 0.182. The molecule has 96 valence electrons. The van der Waals surface area contributed by atoms with E-state index in [4.69, 9.17) is 0 Å². The van der Waals surface area contributed by atoms with Crippen molar-refractivity contribution >= 4 is 31.7 Å². The van der Waals surface area contributed by atoms with Crippen LogP contribution in [0.3, 0.4) is 0 Å². The second-order valence-corrected chi connectivity index (χ2v) is 6.65. The first-order chi connectivity index (χ1) is 8.37. The highest BCUT2D eigenvalue weighted by Crippen LogP contribution is 2.17. The van der Waals surface area contributed by atoms with Crippen LogP contribution in [0.2, 0.25) is 0 Å². The van der Waals surface area contributed by atoms with E-state index >= 15 is 0 Å². The van der Waals surface area contributed by atoms with Crippen LogP contribution in [0.15, 0.2) is 34.2 Å². The third-order valence-corrected chi connectivity index (χ3v) is 4.43. The first-order valence-electron chi connectivity index (χ1n) is 5.04. The number of sulfone groups is 1. The normalized spacial score (nSPS) is 20.9. The topological polar surface area (TPSA) is 63.2 Å². The zero-order chi connectivity index (χ0) is 13.3. The van der Waals surface area contributed by atoms with E-state index in [2.05, 4.69) is 21.2 Å². The molecule has 4 nitrogen and oxygen atoms in total. The van der Waals surface area contributed by atoms with Gasteiger partial charge in [0.25, 0.3) is 5.91 Å². The largest absolute Gasteiger partial charge is 0.345 e. The van der Waals surface area contributed by atoms with Crippen molar-refractivity contribution in [3.8, 4) is 0 Å². The summed E-state index contributed by atoms with van der Waals surface area (Å²) in [5, 5.41) is 3.63. The second kappa shape index (κ2) is 4.81. The molecule has 1 aromatic carbocycles. The van der Waals surface area contributed by atoms with Gasteiger partial charge in [-0.15, -0.1) is 0 Å². The van der Waals surface area contributed by atoms with E-state index in [1.165, 1.54) is 24.3 Å². The van der Waals surface area contributed by atoms with Gasteiger partial charge in [-0.05, 0) is 40.2 Å². The summed E-state index contributed by atoms with van der Waals surface area (Å²) in [5.74, 6) is -1.04. The Morgan fingerprint density at radius 2 is 2.17 bits per heavy atom. The lowest BCUT2D eigenvalue weighted by Crippen LogP contribution is -2.35. The van der Waals surface area contributed by atoms with Crippen molar-refractivity contribution in [3.05, 3.63) is 45.5 Å². The van der Waals surface area contributed by atoms with Gasteiger partial charge in [0.1, 0.15) is 5.82 Å².